The van der Waals surface area contributed by atoms with Gasteiger partial charge in [0.05, 0.1) is 22.7 Å². The molecule has 0 spiro atoms. The second kappa shape index (κ2) is 5.64. The number of rotatable bonds is 3. The summed E-state index contributed by atoms with van der Waals surface area (Å²) in [7, 11) is 0. The number of ketones is 1. The number of hydrogen-bond donors (Lipinski definition) is 1. The molecule has 0 amide bonds. The SMILES string of the molecule is O=C(CN1C2CCC1CC(O)C2)c1ccc(Cl)c(Cl)c1. The van der Waals surface area contributed by atoms with E-state index in [9.17, 15) is 9.90 Å². The average Bonchev–Trinajstić information content (AvgIpc) is 2.65. The van der Waals surface area contributed by atoms with Crippen LogP contribution in [0.2, 0.25) is 10.0 Å². The molecule has 2 aliphatic heterocycles. The van der Waals surface area contributed by atoms with Crippen LogP contribution >= 0.6 is 23.2 Å². The number of carbonyl (C=O) groups excluding carboxylic acids is 1. The minimum absolute atomic E-state index is 0.0665. The normalized spacial score (nSPS) is 29.6. The molecule has 5 heteroatoms. The van der Waals surface area contributed by atoms with Crippen molar-refractivity contribution in [1.29, 1.82) is 0 Å². The number of aliphatic hydroxyl groups is 1. The summed E-state index contributed by atoms with van der Waals surface area (Å²) in [6.07, 6.45) is 3.52. The van der Waals surface area contributed by atoms with Crippen molar-refractivity contribution >= 4 is 29.0 Å². The summed E-state index contributed by atoms with van der Waals surface area (Å²) < 4.78 is 0. The predicted molar refractivity (Wildman–Crippen MR) is 79.5 cm³/mol. The van der Waals surface area contributed by atoms with Crippen LogP contribution in [0.4, 0.5) is 0 Å². The van der Waals surface area contributed by atoms with Gasteiger partial charge in [-0.25, -0.2) is 0 Å². The molecule has 2 unspecified atom stereocenters. The van der Waals surface area contributed by atoms with Crippen LogP contribution in [-0.4, -0.2) is 40.5 Å². The summed E-state index contributed by atoms with van der Waals surface area (Å²) in [6.45, 7) is 0.403. The predicted octanol–water partition coefficient (Wildman–Crippen LogP) is 3.16. The van der Waals surface area contributed by atoms with E-state index in [0.717, 1.165) is 25.7 Å². The van der Waals surface area contributed by atoms with Crippen LogP contribution < -0.4 is 0 Å². The van der Waals surface area contributed by atoms with Gasteiger partial charge >= 0.3 is 0 Å². The van der Waals surface area contributed by atoms with Gasteiger partial charge in [-0.05, 0) is 43.9 Å². The van der Waals surface area contributed by atoms with Gasteiger partial charge in [-0.15, -0.1) is 0 Å². The Hall–Kier alpha value is -0.610. The van der Waals surface area contributed by atoms with Crippen LogP contribution in [0.25, 0.3) is 0 Å². The van der Waals surface area contributed by atoms with Gasteiger partial charge in [0.1, 0.15) is 0 Å². The lowest BCUT2D eigenvalue weighted by Crippen LogP contribution is -2.46. The lowest BCUT2D eigenvalue weighted by atomic mass is 9.99. The first-order valence-electron chi connectivity index (χ1n) is 6.96. The van der Waals surface area contributed by atoms with Crippen molar-refractivity contribution in [3.8, 4) is 0 Å². The highest BCUT2D eigenvalue weighted by molar-refractivity contribution is 6.42. The fourth-order valence-electron chi connectivity index (χ4n) is 3.43. The van der Waals surface area contributed by atoms with E-state index in [4.69, 9.17) is 23.2 Å². The fourth-order valence-corrected chi connectivity index (χ4v) is 3.73. The Morgan fingerprint density at radius 2 is 1.85 bits per heavy atom. The Morgan fingerprint density at radius 3 is 2.45 bits per heavy atom. The Balaban J connectivity index is 1.72. The van der Waals surface area contributed by atoms with E-state index >= 15 is 0 Å². The standard InChI is InChI=1S/C15H17Cl2NO2/c16-13-4-1-9(5-14(13)17)15(20)8-18-10-2-3-11(18)7-12(19)6-10/h1,4-5,10-12,19H,2-3,6-8H2. The maximum absolute atomic E-state index is 12.4. The van der Waals surface area contributed by atoms with Gasteiger partial charge in [-0.3, -0.25) is 9.69 Å². The van der Waals surface area contributed by atoms with Gasteiger partial charge in [-0.2, -0.15) is 0 Å². The molecule has 0 saturated carbocycles. The van der Waals surface area contributed by atoms with Gasteiger partial charge in [0, 0.05) is 17.6 Å². The highest BCUT2D eigenvalue weighted by Crippen LogP contribution is 2.35. The zero-order valence-electron chi connectivity index (χ0n) is 11.1. The van der Waals surface area contributed by atoms with Crippen molar-refractivity contribution in [3.63, 3.8) is 0 Å². The number of halogens is 2. The number of aliphatic hydroxyl groups excluding tert-OH is 1. The van der Waals surface area contributed by atoms with Gasteiger partial charge in [0.25, 0.3) is 0 Å². The topological polar surface area (TPSA) is 40.5 Å². The van der Waals surface area contributed by atoms with Gasteiger partial charge < -0.3 is 5.11 Å². The summed E-state index contributed by atoms with van der Waals surface area (Å²) >= 11 is 11.8. The number of nitrogens with zero attached hydrogens (tertiary/aromatic N) is 1. The molecule has 2 heterocycles. The molecule has 2 bridgehead atoms. The van der Waals surface area contributed by atoms with Gasteiger partial charge in [0.2, 0.25) is 0 Å². The molecule has 0 radical (unpaired) electrons. The molecule has 1 N–H and O–H groups in total. The monoisotopic (exact) mass is 313 g/mol. The molecule has 3 rings (SSSR count). The summed E-state index contributed by atoms with van der Waals surface area (Å²) in [5, 5.41) is 10.7. The molecule has 20 heavy (non-hydrogen) atoms. The number of carbonyl (C=O) groups is 1. The maximum Gasteiger partial charge on any atom is 0.176 e. The van der Waals surface area contributed by atoms with Crippen molar-refractivity contribution in [3.05, 3.63) is 33.8 Å². The molecule has 108 valence electrons. The van der Waals surface area contributed by atoms with Crippen LogP contribution in [0, 0.1) is 0 Å². The first-order valence-corrected chi connectivity index (χ1v) is 7.72. The van der Waals surface area contributed by atoms with E-state index in [1.165, 1.54) is 0 Å². The molecular weight excluding hydrogens is 297 g/mol. The van der Waals surface area contributed by atoms with Gasteiger partial charge in [0.15, 0.2) is 5.78 Å². The molecule has 2 saturated heterocycles. The Kier molecular flexibility index (Phi) is 4.04. The second-order valence-electron chi connectivity index (χ2n) is 5.73. The van der Waals surface area contributed by atoms with Crippen LogP contribution in [0.5, 0.6) is 0 Å². The maximum atomic E-state index is 12.4. The highest BCUT2D eigenvalue weighted by atomic mass is 35.5. The third-order valence-corrected chi connectivity index (χ3v) is 5.17. The number of piperidine rings is 1. The Morgan fingerprint density at radius 1 is 1.20 bits per heavy atom. The fraction of sp³-hybridized carbons (Fsp3) is 0.533. The largest absolute Gasteiger partial charge is 0.393 e. The van der Waals surface area contributed by atoms with Crippen LogP contribution in [0.15, 0.2) is 18.2 Å². The Labute approximate surface area is 128 Å². The minimum Gasteiger partial charge on any atom is -0.393 e. The molecule has 1 aromatic rings. The quantitative estimate of drug-likeness (QED) is 0.871. The van der Waals surface area contributed by atoms with Crippen LogP contribution in [0.3, 0.4) is 0 Å². The first kappa shape index (κ1) is 14.3. The number of benzene rings is 1. The van der Waals surface area contributed by atoms with Crippen molar-refractivity contribution in [2.75, 3.05) is 6.54 Å². The minimum atomic E-state index is -0.205. The number of Topliss-reactive ketones (excluding diaryl/α,β-unsaturated/α-hetero) is 1. The van der Waals surface area contributed by atoms with E-state index in [0.29, 0.717) is 34.2 Å². The zero-order valence-corrected chi connectivity index (χ0v) is 12.6. The van der Waals surface area contributed by atoms with E-state index in [2.05, 4.69) is 4.90 Å². The smallest absolute Gasteiger partial charge is 0.176 e. The molecule has 2 aliphatic rings. The summed E-state index contributed by atoms with van der Waals surface area (Å²) in [4.78, 5) is 14.6. The lowest BCUT2D eigenvalue weighted by Gasteiger charge is -2.36. The van der Waals surface area contributed by atoms with E-state index in [1.807, 2.05) is 0 Å². The average molecular weight is 314 g/mol. The van der Waals surface area contributed by atoms with Crippen molar-refractivity contribution in [2.45, 2.75) is 43.9 Å². The van der Waals surface area contributed by atoms with Gasteiger partial charge in [-0.1, -0.05) is 23.2 Å². The third-order valence-electron chi connectivity index (χ3n) is 4.43. The third kappa shape index (κ3) is 2.73. The van der Waals surface area contributed by atoms with E-state index in [-0.39, 0.29) is 11.9 Å². The first-order chi connectivity index (χ1) is 9.54. The second-order valence-corrected chi connectivity index (χ2v) is 6.55. The number of hydrogen-bond acceptors (Lipinski definition) is 3. The van der Waals surface area contributed by atoms with Crippen molar-refractivity contribution in [1.82, 2.24) is 4.90 Å². The molecule has 2 atom stereocenters. The molecule has 0 aliphatic carbocycles. The summed E-state index contributed by atoms with van der Waals surface area (Å²) in [5.74, 6) is 0.0665. The van der Waals surface area contributed by atoms with Crippen LogP contribution in [0.1, 0.15) is 36.0 Å². The molecular formula is C15H17Cl2NO2. The molecule has 2 fully saturated rings. The van der Waals surface area contributed by atoms with Crippen molar-refractivity contribution < 1.29 is 9.90 Å². The van der Waals surface area contributed by atoms with Crippen LogP contribution in [-0.2, 0) is 0 Å². The van der Waals surface area contributed by atoms with Crippen molar-refractivity contribution in [2.24, 2.45) is 0 Å². The lowest BCUT2D eigenvalue weighted by molar-refractivity contribution is 0.0344. The number of fused-ring (bicyclic) bond motifs is 2. The zero-order chi connectivity index (χ0) is 14.3. The van der Waals surface area contributed by atoms with E-state index in [1.54, 1.807) is 18.2 Å². The molecule has 0 aromatic heterocycles. The summed E-state index contributed by atoms with van der Waals surface area (Å²) in [6, 6.07) is 5.70. The highest BCUT2D eigenvalue weighted by Gasteiger charge is 2.40. The van der Waals surface area contributed by atoms with E-state index < -0.39 is 0 Å². The molecule has 3 nitrogen and oxygen atoms in total. The Bertz CT molecular complexity index is 521. The molecule has 1 aromatic carbocycles. The summed E-state index contributed by atoms with van der Waals surface area (Å²) in [5.41, 5.74) is 0.602.